The van der Waals surface area contributed by atoms with Crippen LogP contribution < -0.4 is 5.73 Å². The Morgan fingerprint density at radius 3 is 2.10 bits per heavy atom. The molecule has 0 bridgehead atoms. The zero-order chi connectivity index (χ0) is 8.36. The number of hydrogen-bond donors (Lipinski definition) is 1. The third-order valence-electron chi connectivity index (χ3n) is 1.49. The van der Waals surface area contributed by atoms with Crippen molar-refractivity contribution >= 4 is 9.84 Å². The molecule has 60 valence electrons. The normalized spacial score (nSPS) is 17.9. The summed E-state index contributed by atoms with van der Waals surface area (Å²) in [4.78, 5) is 0. The molecule has 0 aliphatic rings. The summed E-state index contributed by atoms with van der Waals surface area (Å²) in [6.45, 7) is 4.98. The first-order valence-corrected chi connectivity index (χ1v) is 4.92. The third-order valence-corrected chi connectivity index (χ3v) is 3.15. The molecule has 10 heavy (non-hydrogen) atoms. The van der Waals surface area contributed by atoms with Gasteiger partial charge in [-0.1, -0.05) is 6.08 Å². The van der Waals surface area contributed by atoms with Crippen molar-refractivity contribution in [3.63, 3.8) is 0 Å². The second kappa shape index (κ2) is 3.16. The minimum absolute atomic E-state index is 0.463. The molecule has 0 heterocycles. The second-order valence-corrected chi connectivity index (χ2v) is 4.75. The highest BCUT2D eigenvalue weighted by atomic mass is 32.2. The van der Waals surface area contributed by atoms with Crippen molar-refractivity contribution in [2.75, 3.05) is 6.26 Å². The fourth-order valence-corrected chi connectivity index (χ4v) is 1.16. The molecule has 0 aromatic rings. The van der Waals surface area contributed by atoms with Crippen molar-refractivity contribution in [2.45, 2.75) is 18.2 Å². The van der Waals surface area contributed by atoms with E-state index >= 15 is 0 Å². The van der Waals surface area contributed by atoms with E-state index in [-0.39, 0.29) is 0 Å². The minimum Gasteiger partial charge on any atom is -0.323 e. The van der Waals surface area contributed by atoms with E-state index in [0.717, 1.165) is 0 Å². The molecule has 0 saturated carbocycles. The van der Waals surface area contributed by atoms with Gasteiger partial charge < -0.3 is 5.73 Å². The van der Waals surface area contributed by atoms with Crippen molar-refractivity contribution < 1.29 is 8.42 Å². The molecular formula is C6H13NO2S. The standard InChI is InChI=1S/C6H13NO2S/c1-4-6(7)5(2)10(3,8)9/h4-6H,1,7H2,2-3H3. The van der Waals surface area contributed by atoms with Crippen LogP contribution in [0.2, 0.25) is 0 Å². The monoisotopic (exact) mass is 163 g/mol. The van der Waals surface area contributed by atoms with Crippen molar-refractivity contribution in [3.05, 3.63) is 12.7 Å². The van der Waals surface area contributed by atoms with Crippen molar-refractivity contribution in [1.29, 1.82) is 0 Å². The van der Waals surface area contributed by atoms with Gasteiger partial charge in [-0.15, -0.1) is 6.58 Å². The smallest absolute Gasteiger partial charge is 0.151 e. The lowest BCUT2D eigenvalue weighted by Crippen LogP contribution is -2.35. The molecule has 0 fully saturated rings. The highest BCUT2D eigenvalue weighted by Gasteiger charge is 2.19. The van der Waals surface area contributed by atoms with Gasteiger partial charge in [-0.25, -0.2) is 8.42 Å². The summed E-state index contributed by atoms with van der Waals surface area (Å²) in [6, 6.07) is -0.463. The average Bonchev–Trinajstić information content (AvgIpc) is 1.83. The highest BCUT2D eigenvalue weighted by Crippen LogP contribution is 2.01. The summed E-state index contributed by atoms with van der Waals surface area (Å²) in [5.41, 5.74) is 5.41. The summed E-state index contributed by atoms with van der Waals surface area (Å²) in [7, 11) is -3.01. The molecule has 0 amide bonds. The van der Waals surface area contributed by atoms with Crippen LogP contribution in [0.4, 0.5) is 0 Å². The fraction of sp³-hybridized carbons (Fsp3) is 0.667. The Bertz CT molecular complexity index is 208. The molecule has 0 saturated heterocycles. The van der Waals surface area contributed by atoms with E-state index in [1.54, 1.807) is 6.92 Å². The minimum atomic E-state index is -3.01. The molecule has 0 rings (SSSR count). The van der Waals surface area contributed by atoms with Gasteiger partial charge in [0.1, 0.15) is 0 Å². The van der Waals surface area contributed by atoms with Crippen LogP contribution in [-0.4, -0.2) is 26.0 Å². The Hall–Kier alpha value is -0.350. The van der Waals surface area contributed by atoms with Gasteiger partial charge in [0.05, 0.1) is 5.25 Å². The number of nitrogens with two attached hydrogens (primary N) is 1. The zero-order valence-corrected chi connectivity index (χ0v) is 7.06. The Kier molecular flexibility index (Phi) is 3.05. The van der Waals surface area contributed by atoms with Gasteiger partial charge >= 0.3 is 0 Å². The van der Waals surface area contributed by atoms with Crippen molar-refractivity contribution in [3.8, 4) is 0 Å². The van der Waals surface area contributed by atoms with Gasteiger partial charge in [0.2, 0.25) is 0 Å². The quantitative estimate of drug-likeness (QED) is 0.593. The first kappa shape index (κ1) is 9.65. The molecule has 2 N–H and O–H groups in total. The SMILES string of the molecule is C=CC(N)C(C)S(C)(=O)=O. The summed E-state index contributed by atoms with van der Waals surface area (Å²) in [5.74, 6) is 0. The molecule has 2 atom stereocenters. The van der Waals surface area contributed by atoms with E-state index in [9.17, 15) is 8.42 Å². The topological polar surface area (TPSA) is 60.2 Å². The summed E-state index contributed by atoms with van der Waals surface area (Å²) in [6.07, 6.45) is 2.60. The first-order chi connectivity index (χ1) is 4.39. The van der Waals surface area contributed by atoms with E-state index in [2.05, 4.69) is 6.58 Å². The van der Waals surface area contributed by atoms with Crippen LogP contribution in [0.3, 0.4) is 0 Å². The van der Waals surface area contributed by atoms with Gasteiger partial charge in [-0.2, -0.15) is 0 Å². The Morgan fingerprint density at radius 2 is 2.00 bits per heavy atom. The molecule has 0 radical (unpaired) electrons. The van der Waals surface area contributed by atoms with Crippen LogP contribution in [0.1, 0.15) is 6.92 Å². The van der Waals surface area contributed by atoms with E-state index < -0.39 is 21.1 Å². The summed E-state index contributed by atoms with van der Waals surface area (Å²) >= 11 is 0. The van der Waals surface area contributed by atoms with E-state index in [4.69, 9.17) is 5.73 Å². The lowest BCUT2D eigenvalue weighted by atomic mass is 10.2. The van der Waals surface area contributed by atoms with Crippen LogP contribution in [0, 0.1) is 0 Å². The van der Waals surface area contributed by atoms with Gasteiger partial charge in [-0.3, -0.25) is 0 Å². The van der Waals surface area contributed by atoms with Gasteiger partial charge in [-0.05, 0) is 6.92 Å². The van der Waals surface area contributed by atoms with E-state index in [0.29, 0.717) is 0 Å². The highest BCUT2D eigenvalue weighted by molar-refractivity contribution is 7.91. The van der Waals surface area contributed by atoms with Crippen LogP contribution >= 0.6 is 0 Å². The largest absolute Gasteiger partial charge is 0.323 e. The molecule has 0 aliphatic heterocycles. The van der Waals surface area contributed by atoms with Crippen LogP contribution in [-0.2, 0) is 9.84 Å². The molecule has 4 heteroatoms. The average molecular weight is 163 g/mol. The maximum atomic E-state index is 10.8. The van der Waals surface area contributed by atoms with Gasteiger partial charge in [0.15, 0.2) is 9.84 Å². The van der Waals surface area contributed by atoms with E-state index in [1.807, 2.05) is 0 Å². The molecule has 0 aromatic heterocycles. The molecule has 0 spiro atoms. The van der Waals surface area contributed by atoms with E-state index in [1.165, 1.54) is 12.3 Å². The number of sulfone groups is 1. The van der Waals surface area contributed by atoms with Crippen LogP contribution in [0.5, 0.6) is 0 Å². The van der Waals surface area contributed by atoms with Crippen molar-refractivity contribution in [1.82, 2.24) is 0 Å². The predicted octanol–water partition coefficient (Wildman–Crippen LogP) is -0.0672. The lowest BCUT2D eigenvalue weighted by Gasteiger charge is -2.12. The number of rotatable bonds is 3. The summed E-state index contributed by atoms with van der Waals surface area (Å²) in [5, 5.41) is -0.537. The predicted molar refractivity (Wildman–Crippen MR) is 42.5 cm³/mol. The fourth-order valence-electron chi connectivity index (χ4n) is 0.477. The zero-order valence-electron chi connectivity index (χ0n) is 6.24. The first-order valence-electron chi connectivity index (χ1n) is 2.96. The Morgan fingerprint density at radius 1 is 1.60 bits per heavy atom. The molecule has 3 nitrogen and oxygen atoms in total. The molecule has 0 aliphatic carbocycles. The van der Waals surface area contributed by atoms with Gasteiger partial charge in [0.25, 0.3) is 0 Å². The van der Waals surface area contributed by atoms with Crippen LogP contribution in [0.15, 0.2) is 12.7 Å². The second-order valence-electron chi connectivity index (χ2n) is 2.35. The maximum Gasteiger partial charge on any atom is 0.151 e. The Balaban J connectivity index is 4.37. The molecule has 2 unspecified atom stereocenters. The summed E-state index contributed by atoms with van der Waals surface area (Å²) < 4.78 is 21.6. The maximum absolute atomic E-state index is 10.8. The molecule has 0 aromatic carbocycles. The Labute approximate surface area is 61.8 Å². The number of hydrogen-bond acceptors (Lipinski definition) is 3. The van der Waals surface area contributed by atoms with Gasteiger partial charge in [0, 0.05) is 12.3 Å². The third kappa shape index (κ3) is 2.49. The van der Waals surface area contributed by atoms with Crippen LogP contribution in [0.25, 0.3) is 0 Å². The van der Waals surface area contributed by atoms with Crippen molar-refractivity contribution in [2.24, 2.45) is 5.73 Å². The lowest BCUT2D eigenvalue weighted by molar-refractivity contribution is 0.581. The molecular weight excluding hydrogens is 150 g/mol.